The van der Waals surface area contributed by atoms with Gasteiger partial charge in [-0.05, 0) is 42.5 Å². The monoisotopic (exact) mass is 255 g/mol. The van der Waals surface area contributed by atoms with Gasteiger partial charge in [0.05, 0.1) is 11.5 Å². The molecule has 0 spiro atoms. The third-order valence-corrected chi connectivity index (χ3v) is 2.77. The maximum atomic E-state index is 10.9. The molecule has 0 bridgehead atoms. The number of ether oxygens (including phenoxy) is 1. The minimum atomic E-state index is -0.721. The minimum Gasteiger partial charge on any atom is -0.487 e. The van der Waals surface area contributed by atoms with Crippen LogP contribution in [0.5, 0.6) is 5.75 Å². The topological polar surface area (TPSA) is 69.4 Å². The average Bonchev–Trinajstić information content (AvgIpc) is 3.09. The Balaban J connectivity index is 2.23. The van der Waals surface area contributed by atoms with E-state index in [0.717, 1.165) is 18.9 Å². The van der Waals surface area contributed by atoms with Gasteiger partial charge < -0.3 is 4.74 Å². The van der Waals surface area contributed by atoms with Crippen LogP contribution in [0.3, 0.4) is 0 Å². The van der Waals surface area contributed by atoms with Crippen LogP contribution in [0.2, 0.25) is 0 Å². The van der Waals surface area contributed by atoms with E-state index in [0.29, 0.717) is 12.5 Å². The first-order valence-electron chi connectivity index (χ1n) is 5.19. The lowest BCUT2D eigenvalue weighted by Crippen LogP contribution is -2.03. The Labute approximate surface area is 102 Å². The summed E-state index contributed by atoms with van der Waals surface area (Å²) >= 11 is 5.27. The number of nitrogens with zero attached hydrogens (tertiary/aromatic N) is 1. The third-order valence-electron chi connectivity index (χ3n) is 2.55. The highest BCUT2D eigenvalue weighted by Gasteiger charge is 2.24. The Morgan fingerprint density at radius 3 is 2.76 bits per heavy atom. The summed E-state index contributed by atoms with van der Waals surface area (Å²) in [7, 11) is 0. The molecule has 0 N–H and O–H groups in total. The molecule has 17 heavy (non-hydrogen) atoms. The Morgan fingerprint density at radius 1 is 1.53 bits per heavy atom. The molecule has 1 saturated carbocycles. The summed E-state index contributed by atoms with van der Waals surface area (Å²) in [5.74, 6) is 0.688. The number of nitro groups is 1. The van der Waals surface area contributed by atoms with Gasteiger partial charge in [-0.2, -0.15) is 0 Å². The number of carbonyl (C=O) groups is 1. The quantitative estimate of drug-likeness (QED) is 0.461. The van der Waals surface area contributed by atoms with Crippen molar-refractivity contribution in [1.29, 1.82) is 0 Å². The van der Waals surface area contributed by atoms with Crippen molar-refractivity contribution in [3.8, 4) is 5.75 Å². The summed E-state index contributed by atoms with van der Waals surface area (Å²) in [6.07, 6.45) is 2.21. The zero-order valence-electron chi connectivity index (χ0n) is 8.89. The highest BCUT2D eigenvalue weighted by Crippen LogP contribution is 2.33. The lowest BCUT2D eigenvalue weighted by molar-refractivity contribution is -0.385. The van der Waals surface area contributed by atoms with Crippen molar-refractivity contribution in [3.63, 3.8) is 0 Å². The zero-order chi connectivity index (χ0) is 12.4. The number of rotatable bonds is 5. The van der Waals surface area contributed by atoms with E-state index in [2.05, 4.69) is 0 Å². The molecule has 90 valence electrons. The smallest absolute Gasteiger partial charge is 0.311 e. The maximum absolute atomic E-state index is 10.9. The van der Waals surface area contributed by atoms with E-state index in [-0.39, 0.29) is 17.0 Å². The minimum absolute atomic E-state index is 0.0946. The molecule has 0 heterocycles. The molecule has 0 radical (unpaired) electrons. The van der Waals surface area contributed by atoms with Gasteiger partial charge in [-0.1, -0.05) is 0 Å². The van der Waals surface area contributed by atoms with Gasteiger partial charge in [0.1, 0.15) is 0 Å². The predicted octanol–water partition coefficient (Wildman–Crippen LogP) is 2.76. The van der Waals surface area contributed by atoms with Gasteiger partial charge in [-0.25, -0.2) is 0 Å². The average molecular weight is 256 g/mol. The summed E-state index contributed by atoms with van der Waals surface area (Å²) in [6.45, 7) is 0.481. The lowest BCUT2D eigenvalue weighted by Gasteiger charge is -2.06. The van der Waals surface area contributed by atoms with Crippen molar-refractivity contribution in [1.82, 2.24) is 0 Å². The van der Waals surface area contributed by atoms with Gasteiger partial charge in [0.15, 0.2) is 5.75 Å². The highest BCUT2D eigenvalue weighted by atomic mass is 35.5. The molecule has 0 unspecified atom stereocenters. The molecule has 2 rings (SSSR count). The SMILES string of the molecule is O=C(Cl)c1ccc(OCC2CC2)c([N+](=O)[O-])c1. The number of benzene rings is 1. The van der Waals surface area contributed by atoms with Crippen LogP contribution < -0.4 is 4.74 Å². The van der Waals surface area contributed by atoms with Gasteiger partial charge in [0.25, 0.3) is 5.24 Å². The van der Waals surface area contributed by atoms with Crippen molar-refractivity contribution in [3.05, 3.63) is 33.9 Å². The van der Waals surface area contributed by atoms with Crippen LogP contribution in [-0.2, 0) is 0 Å². The fourth-order valence-electron chi connectivity index (χ4n) is 1.40. The molecular formula is C11H10ClNO4. The Bertz CT molecular complexity index is 471. The molecule has 0 aromatic heterocycles. The summed E-state index contributed by atoms with van der Waals surface area (Å²) in [4.78, 5) is 21.2. The summed E-state index contributed by atoms with van der Waals surface area (Å²) < 4.78 is 5.36. The van der Waals surface area contributed by atoms with E-state index in [1.54, 1.807) is 0 Å². The molecule has 0 atom stereocenters. The van der Waals surface area contributed by atoms with Gasteiger partial charge in [-0.3, -0.25) is 14.9 Å². The van der Waals surface area contributed by atoms with Crippen molar-refractivity contribution < 1.29 is 14.5 Å². The molecular weight excluding hydrogens is 246 g/mol. The molecule has 1 aromatic rings. The maximum Gasteiger partial charge on any atom is 0.311 e. The van der Waals surface area contributed by atoms with E-state index in [1.165, 1.54) is 12.1 Å². The molecule has 6 heteroatoms. The number of halogens is 1. The van der Waals surface area contributed by atoms with Crippen LogP contribution in [0, 0.1) is 16.0 Å². The highest BCUT2D eigenvalue weighted by molar-refractivity contribution is 6.67. The second-order valence-electron chi connectivity index (χ2n) is 3.97. The van der Waals surface area contributed by atoms with Crippen LogP contribution in [-0.4, -0.2) is 16.8 Å². The van der Waals surface area contributed by atoms with Gasteiger partial charge in [0, 0.05) is 11.6 Å². The molecule has 1 aliphatic carbocycles. The largest absolute Gasteiger partial charge is 0.487 e. The fraction of sp³-hybridized carbons (Fsp3) is 0.364. The van der Waals surface area contributed by atoms with E-state index in [1.807, 2.05) is 0 Å². The second-order valence-corrected chi connectivity index (χ2v) is 4.31. The molecule has 1 aliphatic rings. The molecule has 0 amide bonds. The summed E-state index contributed by atoms with van der Waals surface area (Å²) in [6, 6.07) is 3.97. The first-order valence-corrected chi connectivity index (χ1v) is 5.57. The van der Waals surface area contributed by atoms with Crippen molar-refractivity contribution in [2.75, 3.05) is 6.61 Å². The number of nitro benzene ring substituents is 1. The first-order chi connectivity index (χ1) is 8.08. The van der Waals surface area contributed by atoms with Gasteiger partial charge in [0.2, 0.25) is 0 Å². The number of hydrogen-bond acceptors (Lipinski definition) is 4. The standard InChI is InChI=1S/C11H10ClNO4/c12-11(14)8-3-4-10(9(5-8)13(15)16)17-6-7-1-2-7/h3-5,7H,1-2,6H2. The van der Waals surface area contributed by atoms with E-state index in [9.17, 15) is 14.9 Å². The van der Waals surface area contributed by atoms with Crippen LogP contribution >= 0.6 is 11.6 Å². The number of hydrogen-bond donors (Lipinski definition) is 0. The third kappa shape index (κ3) is 2.94. The van der Waals surface area contributed by atoms with E-state index < -0.39 is 10.2 Å². The predicted molar refractivity (Wildman–Crippen MR) is 61.5 cm³/mol. The molecule has 0 aliphatic heterocycles. The normalized spacial score (nSPS) is 14.4. The van der Waals surface area contributed by atoms with E-state index >= 15 is 0 Å². The van der Waals surface area contributed by atoms with Crippen molar-refractivity contribution in [2.45, 2.75) is 12.8 Å². The van der Waals surface area contributed by atoms with Gasteiger partial charge >= 0.3 is 5.69 Å². The van der Waals surface area contributed by atoms with Crippen molar-refractivity contribution in [2.24, 2.45) is 5.92 Å². The Hall–Kier alpha value is -1.62. The Morgan fingerprint density at radius 2 is 2.24 bits per heavy atom. The fourth-order valence-corrected chi connectivity index (χ4v) is 1.51. The zero-order valence-corrected chi connectivity index (χ0v) is 9.64. The second kappa shape index (κ2) is 4.71. The lowest BCUT2D eigenvalue weighted by atomic mass is 10.2. The molecule has 1 fully saturated rings. The summed E-state index contributed by atoms with van der Waals surface area (Å²) in [5.41, 5.74) is -0.130. The van der Waals surface area contributed by atoms with Crippen LogP contribution in [0.4, 0.5) is 5.69 Å². The molecule has 0 saturated heterocycles. The Kier molecular flexibility index (Phi) is 3.28. The van der Waals surface area contributed by atoms with Crippen molar-refractivity contribution >= 4 is 22.5 Å². The molecule has 5 nitrogen and oxygen atoms in total. The van der Waals surface area contributed by atoms with E-state index in [4.69, 9.17) is 16.3 Å². The van der Waals surface area contributed by atoms with Gasteiger partial charge in [-0.15, -0.1) is 0 Å². The van der Waals surface area contributed by atoms with Crippen LogP contribution in [0.25, 0.3) is 0 Å². The molecule has 1 aromatic carbocycles. The first kappa shape index (κ1) is 11.9. The van der Waals surface area contributed by atoms with Crippen LogP contribution in [0.1, 0.15) is 23.2 Å². The summed E-state index contributed by atoms with van der Waals surface area (Å²) in [5, 5.41) is 10.1. The van der Waals surface area contributed by atoms with Crippen LogP contribution in [0.15, 0.2) is 18.2 Å². The number of carbonyl (C=O) groups excluding carboxylic acids is 1.